The van der Waals surface area contributed by atoms with Crippen LogP contribution in [0, 0.1) is 0 Å². The molecule has 326 valence electrons. The van der Waals surface area contributed by atoms with Crippen LogP contribution in [-0.2, 0) is 5.41 Å². The van der Waals surface area contributed by atoms with Crippen LogP contribution in [0.4, 0.5) is 17.1 Å². The Kier molecular flexibility index (Phi) is 8.28. The number of nitrogens with zero attached hydrogens (tertiary/aromatic N) is 2. The van der Waals surface area contributed by atoms with Gasteiger partial charge in [0.05, 0.1) is 27.8 Å². The maximum Gasteiger partial charge on any atom is 0.159 e. The zero-order chi connectivity index (χ0) is 45.9. The highest BCUT2D eigenvalue weighted by molar-refractivity contribution is 6.13. The Bertz CT molecular complexity index is 4180. The van der Waals surface area contributed by atoms with Gasteiger partial charge in [0.1, 0.15) is 5.58 Å². The Labute approximate surface area is 405 Å². The molecule has 0 amide bonds. The van der Waals surface area contributed by atoms with Gasteiger partial charge in [-0.3, -0.25) is 0 Å². The van der Waals surface area contributed by atoms with Crippen molar-refractivity contribution in [2.24, 2.45) is 0 Å². The third-order valence-electron chi connectivity index (χ3n) is 15.2. The first kappa shape index (κ1) is 38.9. The fourth-order valence-electron chi connectivity index (χ4n) is 12.4. The fourth-order valence-corrected chi connectivity index (χ4v) is 12.4. The van der Waals surface area contributed by atoms with Crippen molar-refractivity contribution in [3.8, 4) is 50.2 Å². The van der Waals surface area contributed by atoms with Gasteiger partial charge in [-0.05, 0) is 122 Å². The SMILES string of the molecule is c1ccc(-n2c3ccccc3c3cc(-c4ccc(N(c5cccc6c5-c5ccccc5C65c6ccccc6-c6ccccc6-c6ccccc65)c5cccc6c5oc5ccccc56)cc4)ccc32)cc1. The number of aromatic nitrogens is 1. The first-order valence-corrected chi connectivity index (χ1v) is 24.2. The molecule has 0 radical (unpaired) electrons. The molecule has 2 aliphatic rings. The fraction of sp³-hybridized carbons (Fsp3) is 0.0149. The Hall–Kier alpha value is -9.18. The summed E-state index contributed by atoms with van der Waals surface area (Å²) < 4.78 is 9.29. The van der Waals surface area contributed by atoms with Gasteiger partial charge in [-0.25, -0.2) is 0 Å². The standard InChI is InChI=1S/C67H42N2O/c1-2-18-45(19-3-1)68-60-32-14-9-24-51(60)55-42-44(38-41-61(55)68)43-36-39-46(40-37-43)69(63-34-16-27-53-52-25-10-15-35-64(52)70-66(53)63)62-33-17-31-59-65(62)54-26-8-13-30-58(54)67(59)56-28-11-6-22-49(56)47-20-4-5-21-48(47)50-23-7-12-29-57(50)67/h1-42H. The van der Waals surface area contributed by atoms with Gasteiger partial charge in [-0.15, -0.1) is 0 Å². The van der Waals surface area contributed by atoms with Gasteiger partial charge in [0.15, 0.2) is 5.58 Å². The Balaban J connectivity index is 0.971. The van der Waals surface area contributed by atoms with E-state index in [9.17, 15) is 0 Å². The van der Waals surface area contributed by atoms with Crippen molar-refractivity contribution >= 4 is 60.8 Å². The van der Waals surface area contributed by atoms with E-state index < -0.39 is 5.41 Å². The number of rotatable bonds is 5. The van der Waals surface area contributed by atoms with Gasteiger partial charge in [-0.2, -0.15) is 0 Å². The maximum atomic E-state index is 6.91. The summed E-state index contributed by atoms with van der Waals surface area (Å²) >= 11 is 0. The number of hydrogen-bond donors (Lipinski definition) is 0. The van der Waals surface area contributed by atoms with E-state index in [2.05, 4.69) is 264 Å². The monoisotopic (exact) mass is 890 g/mol. The van der Waals surface area contributed by atoms with Gasteiger partial charge >= 0.3 is 0 Å². The normalized spacial score (nSPS) is 13.0. The van der Waals surface area contributed by atoms with Gasteiger partial charge in [0, 0.05) is 38.5 Å². The van der Waals surface area contributed by atoms with Crippen molar-refractivity contribution < 1.29 is 4.42 Å². The average molecular weight is 891 g/mol. The molecule has 2 heterocycles. The summed E-state index contributed by atoms with van der Waals surface area (Å²) in [5, 5.41) is 4.67. The molecule has 3 nitrogen and oxygen atoms in total. The molecular weight excluding hydrogens is 849 g/mol. The van der Waals surface area contributed by atoms with E-state index in [-0.39, 0.29) is 0 Å². The Morgan fingerprint density at radius 2 is 0.871 bits per heavy atom. The summed E-state index contributed by atoms with van der Waals surface area (Å²) in [6, 6.07) is 93.7. The van der Waals surface area contributed by atoms with E-state index in [4.69, 9.17) is 4.42 Å². The van der Waals surface area contributed by atoms with Crippen molar-refractivity contribution in [3.63, 3.8) is 0 Å². The zero-order valence-corrected chi connectivity index (χ0v) is 38.1. The molecule has 15 rings (SSSR count). The van der Waals surface area contributed by atoms with Crippen molar-refractivity contribution in [2.75, 3.05) is 4.90 Å². The highest BCUT2D eigenvalue weighted by atomic mass is 16.3. The number of fused-ring (bicyclic) bond motifs is 18. The molecular formula is C67H42N2O. The smallest absolute Gasteiger partial charge is 0.159 e. The lowest BCUT2D eigenvalue weighted by atomic mass is 9.66. The molecule has 11 aromatic carbocycles. The third-order valence-corrected chi connectivity index (χ3v) is 15.2. The first-order valence-electron chi connectivity index (χ1n) is 24.2. The van der Waals surface area contributed by atoms with Crippen LogP contribution >= 0.6 is 0 Å². The predicted octanol–water partition coefficient (Wildman–Crippen LogP) is 17.8. The van der Waals surface area contributed by atoms with E-state index >= 15 is 0 Å². The molecule has 0 aliphatic heterocycles. The van der Waals surface area contributed by atoms with Crippen LogP contribution in [0.5, 0.6) is 0 Å². The average Bonchev–Trinajstić information content (AvgIpc) is 4.06. The number of anilines is 3. The molecule has 3 heteroatoms. The lowest BCUT2D eigenvalue weighted by Crippen LogP contribution is -2.29. The minimum Gasteiger partial charge on any atom is -0.454 e. The molecule has 2 aromatic heterocycles. The van der Waals surface area contributed by atoms with Crippen LogP contribution in [0.15, 0.2) is 259 Å². The summed E-state index contributed by atoms with van der Waals surface area (Å²) in [5.41, 5.74) is 22.7. The van der Waals surface area contributed by atoms with Gasteiger partial charge in [0.25, 0.3) is 0 Å². The predicted molar refractivity (Wildman–Crippen MR) is 290 cm³/mol. The molecule has 0 bridgehead atoms. The van der Waals surface area contributed by atoms with E-state index in [1.165, 1.54) is 83.0 Å². The number of furan rings is 1. The summed E-state index contributed by atoms with van der Waals surface area (Å²) in [7, 11) is 0. The molecule has 0 saturated carbocycles. The molecule has 2 aliphatic carbocycles. The van der Waals surface area contributed by atoms with Crippen LogP contribution in [0.3, 0.4) is 0 Å². The quantitative estimate of drug-likeness (QED) is 0.172. The topological polar surface area (TPSA) is 21.3 Å². The first-order chi connectivity index (χ1) is 34.8. The lowest BCUT2D eigenvalue weighted by Gasteiger charge is -2.35. The van der Waals surface area contributed by atoms with Crippen molar-refractivity contribution in [2.45, 2.75) is 5.41 Å². The zero-order valence-electron chi connectivity index (χ0n) is 38.1. The Morgan fingerprint density at radius 3 is 1.61 bits per heavy atom. The molecule has 0 saturated heterocycles. The second-order valence-corrected chi connectivity index (χ2v) is 18.7. The molecule has 70 heavy (non-hydrogen) atoms. The number of para-hydroxylation sites is 4. The molecule has 1 spiro atoms. The van der Waals surface area contributed by atoms with E-state index in [1.807, 2.05) is 0 Å². The lowest BCUT2D eigenvalue weighted by molar-refractivity contribution is 0.669. The van der Waals surface area contributed by atoms with Gasteiger partial charge in [0.2, 0.25) is 0 Å². The third kappa shape index (κ3) is 5.34. The van der Waals surface area contributed by atoms with Crippen molar-refractivity contribution in [1.29, 1.82) is 0 Å². The second-order valence-electron chi connectivity index (χ2n) is 18.7. The minimum absolute atomic E-state index is 0.614. The maximum absolute atomic E-state index is 6.91. The summed E-state index contributed by atoms with van der Waals surface area (Å²) in [5.74, 6) is 0. The van der Waals surface area contributed by atoms with Crippen LogP contribution in [0.25, 0.3) is 93.9 Å². The highest BCUT2D eigenvalue weighted by Gasteiger charge is 2.50. The van der Waals surface area contributed by atoms with E-state index in [1.54, 1.807) is 0 Å². The summed E-state index contributed by atoms with van der Waals surface area (Å²) in [6.07, 6.45) is 0. The van der Waals surface area contributed by atoms with Crippen LogP contribution in [-0.4, -0.2) is 4.57 Å². The number of benzene rings is 11. The van der Waals surface area contributed by atoms with Crippen LogP contribution in [0.1, 0.15) is 22.3 Å². The molecule has 0 N–H and O–H groups in total. The van der Waals surface area contributed by atoms with E-state index in [0.29, 0.717) is 0 Å². The molecule has 0 unspecified atom stereocenters. The van der Waals surface area contributed by atoms with Gasteiger partial charge in [-0.1, -0.05) is 194 Å². The van der Waals surface area contributed by atoms with Crippen molar-refractivity contribution in [3.05, 3.63) is 277 Å². The summed E-state index contributed by atoms with van der Waals surface area (Å²) in [6.45, 7) is 0. The minimum atomic E-state index is -0.614. The Morgan fingerprint density at radius 1 is 0.343 bits per heavy atom. The molecule has 0 atom stereocenters. The second kappa shape index (κ2) is 14.9. The largest absolute Gasteiger partial charge is 0.454 e. The molecule has 13 aromatic rings. The van der Waals surface area contributed by atoms with Crippen molar-refractivity contribution in [1.82, 2.24) is 4.57 Å². The highest BCUT2D eigenvalue weighted by Crippen LogP contribution is 2.63. The molecule has 0 fully saturated rings. The summed E-state index contributed by atoms with van der Waals surface area (Å²) in [4.78, 5) is 2.45. The van der Waals surface area contributed by atoms with Crippen LogP contribution < -0.4 is 4.90 Å². The van der Waals surface area contributed by atoms with Crippen LogP contribution in [0.2, 0.25) is 0 Å². The number of hydrogen-bond acceptors (Lipinski definition) is 2. The van der Waals surface area contributed by atoms with Gasteiger partial charge < -0.3 is 13.9 Å². The van der Waals surface area contributed by atoms with E-state index in [0.717, 1.165) is 50.3 Å².